The standard InChI is InChI=1S/C24H30N2O3/c1-7-8-28-22-14(3)9-13(2)19(15(22)4)20-16(12-25)23(26)29-18-11-24(5,6)10-17(27)21(18)20/h9,20H,7-8,10-11,26H2,1-6H3. The van der Waals surface area contributed by atoms with Crippen LogP contribution in [0.15, 0.2) is 28.9 Å². The topological polar surface area (TPSA) is 85.3 Å². The van der Waals surface area contributed by atoms with Crippen molar-refractivity contribution >= 4 is 5.78 Å². The second-order valence-corrected chi connectivity index (χ2v) is 8.93. The molecule has 2 N–H and O–H groups in total. The van der Waals surface area contributed by atoms with Crippen molar-refractivity contribution in [3.63, 3.8) is 0 Å². The van der Waals surface area contributed by atoms with E-state index in [4.69, 9.17) is 15.2 Å². The van der Waals surface area contributed by atoms with Crippen molar-refractivity contribution in [2.24, 2.45) is 11.1 Å². The van der Waals surface area contributed by atoms with Gasteiger partial charge >= 0.3 is 0 Å². The average molecular weight is 395 g/mol. The first kappa shape index (κ1) is 21.0. The van der Waals surface area contributed by atoms with Gasteiger partial charge in [-0.15, -0.1) is 0 Å². The van der Waals surface area contributed by atoms with Crippen LogP contribution in [0, 0.1) is 37.5 Å². The van der Waals surface area contributed by atoms with E-state index in [2.05, 4.69) is 19.1 Å². The van der Waals surface area contributed by atoms with Gasteiger partial charge in [-0.2, -0.15) is 5.26 Å². The summed E-state index contributed by atoms with van der Waals surface area (Å²) < 4.78 is 11.8. The van der Waals surface area contributed by atoms with Gasteiger partial charge in [-0.25, -0.2) is 0 Å². The van der Waals surface area contributed by atoms with Crippen molar-refractivity contribution in [3.8, 4) is 11.8 Å². The minimum Gasteiger partial charge on any atom is -0.493 e. The number of allylic oxidation sites excluding steroid dienone is 3. The molecule has 0 saturated heterocycles. The molecule has 0 saturated carbocycles. The quantitative estimate of drug-likeness (QED) is 0.789. The van der Waals surface area contributed by atoms with E-state index in [1.807, 2.05) is 34.6 Å². The number of carbonyl (C=O) groups is 1. The highest BCUT2D eigenvalue weighted by molar-refractivity contribution is 6.00. The predicted molar refractivity (Wildman–Crippen MR) is 112 cm³/mol. The van der Waals surface area contributed by atoms with Crippen LogP contribution in [0.5, 0.6) is 5.75 Å². The second-order valence-electron chi connectivity index (χ2n) is 8.93. The Hall–Kier alpha value is -2.74. The van der Waals surface area contributed by atoms with Gasteiger partial charge in [-0.1, -0.05) is 26.8 Å². The van der Waals surface area contributed by atoms with Crippen LogP contribution in [0.25, 0.3) is 0 Å². The summed E-state index contributed by atoms with van der Waals surface area (Å²) in [4.78, 5) is 13.2. The fraction of sp³-hybridized carbons (Fsp3) is 0.500. The average Bonchev–Trinajstić information content (AvgIpc) is 2.59. The smallest absolute Gasteiger partial charge is 0.205 e. The Labute approximate surface area is 173 Å². The monoisotopic (exact) mass is 394 g/mol. The Balaban J connectivity index is 2.27. The molecule has 5 heteroatoms. The van der Waals surface area contributed by atoms with Crippen molar-refractivity contribution in [1.29, 1.82) is 5.26 Å². The van der Waals surface area contributed by atoms with Crippen molar-refractivity contribution in [2.45, 2.75) is 66.7 Å². The zero-order valence-electron chi connectivity index (χ0n) is 18.2. The Bertz CT molecular complexity index is 977. The van der Waals surface area contributed by atoms with E-state index in [0.29, 0.717) is 36.4 Å². The van der Waals surface area contributed by atoms with E-state index >= 15 is 0 Å². The molecular weight excluding hydrogens is 364 g/mol. The van der Waals surface area contributed by atoms with Crippen LogP contribution in [-0.2, 0) is 9.53 Å². The zero-order valence-corrected chi connectivity index (χ0v) is 18.2. The van der Waals surface area contributed by atoms with E-state index in [1.165, 1.54) is 0 Å². The molecule has 0 bridgehead atoms. The number of benzene rings is 1. The molecule has 154 valence electrons. The van der Waals surface area contributed by atoms with Crippen molar-refractivity contribution in [1.82, 2.24) is 0 Å². The van der Waals surface area contributed by atoms with Crippen LogP contribution in [0.4, 0.5) is 0 Å². The molecule has 1 aromatic carbocycles. The van der Waals surface area contributed by atoms with E-state index in [1.54, 1.807) is 0 Å². The highest BCUT2D eigenvalue weighted by Crippen LogP contribution is 2.50. The van der Waals surface area contributed by atoms with Gasteiger partial charge in [0.15, 0.2) is 5.78 Å². The highest BCUT2D eigenvalue weighted by Gasteiger charge is 2.44. The number of Topliss-reactive ketones (excluding diaryl/α,β-unsaturated/α-hetero) is 1. The Morgan fingerprint density at radius 2 is 1.97 bits per heavy atom. The number of nitrogens with two attached hydrogens (primary N) is 1. The minimum atomic E-state index is -0.517. The third-order valence-corrected chi connectivity index (χ3v) is 5.78. The zero-order chi connectivity index (χ0) is 21.5. The number of aryl methyl sites for hydroxylation is 2. The minimum absolute atomic E-state index is 0.0249. The third-order valence-electron chi connectivity index (χ3n) is 5.78. The summed E-state index contributed by atoms with van der Waals surface area (Å²) in [7, 11) is 0. The molecule has 1 aliphatic heterocycles. The van der Waals surface area contributed by atoms with Crippen molar-refractivity contribution < 1.29 is 14.3 Å². The summed E-state index contributed by atoms with van der Waals surface area (Å²) >= 11 is 0. The molecule has 29 heavy (non-hydrogen) atoms. The summed E-state index contributed by atoms with van der Waals surface area (Å²) in [6.45, 7) is 12.8. The largest absolute Gasteiger partial charge is 0.493 e. The van der Waals surface area contributed by atoms with Crippen LogP contribution < -0.4 is 10.5 Å². The van der Waals surface area contributed by atoms with Crippen LogP contribution in [0.2, 0.25) is 0 Å². The van der Waals surface area contributed by atoms with Crippen molar-refractivity contribution in [2.75, 3.05) is 6.61 Å². The van der Waals surface area contributed by atoms with Gasteiger partial charge < -0.3 is 15.2 Å². The third kappa shape index (κ3) is 3.64. The lowest BCUT2D eigenvalue weighted by Crippen LogP contribution is -2.34. The first-order chi connectivity index (χ1) is 13.6. The van der Waals surface area contributed by atoms with Gasteiger partial charge in [0.05, 0.1) is 12.5 Å². The number of nitrogens with zero attached hydrogens (tertiary/aromatic N) is 1. The van der Waals surface area contributed by atoms with Crippen LogP contribution >= 0.6 is 0 Å². The molecule has 1 unspecified atom stereocenters. The van der Waals surface area contributed by atoms with Crippen LogP contribution in [0.3, 0.4) is 0 Å². The molecule has 0 spiro atoms. The van der Waals surface area contributed by atoms with E-state index < -0.39 is 5.92 Å². The summed E-state index contributed by atoms with van der Waals surface area (Å²) in [5.41, 5.74) is 10.8. The molecule has 0 radical (unpaired) electrons. The second kappa shape index (κ2) is 7.59. The first-order valence-corrected chi connectivity index (χ1v) is 10.2. The lowest BCUT2D eigenvalue weighted by atomic mass is 9.69. The molecule has 3 rings (SSSR count). The molecule has 0 fully saturated rings. The molecule has 5 nitrogen and oxygen atoms in total. The number of ether oxygens (including phenoxy) is 2. The lowest BCUT2D eigenvalue weighted by molar-refractivity contribution is -0.119. The highest BCUT2D eigenvalue weighted by atomic mass is 16.5. The van der Waals surface area contributed by atoms with E-state index in [-0.39, 0.29) is 17.1 Å². The summed E-state index contributed by atoms with van der Waals surface area (Å²) in [5, 5.41) is 9.89. The molecule has 2 aliphatic rings. The van der Waals surface area contributed by atoms with E-state index in [9.17, 15) is 10.1 Å². The Kier molecular flexibility index (Phi) is 5.49. The number of carbonyl (C=O) groups excluding carboxylic acids is 1. The van der Waals surface area contributed by atoms with Crippen molar-refractivity contribution in [3.05, 3.63) is 51.1 Å². The summed E-state index contributed by atoms with van der Waals surface area (Å²) in [5.74, 6) is 1.02. The number of ketones is 1. The number of hydrogen-bond donors (Lipinski definition) is 1. The van der Waals surface area contributed by atoms with Gasteiger partial charge in [0.2, 0.25) is 5.88 Å². The normalized spacial score (nSPS) is 20.9. The molecule has 1 atom stereocenters. The van der Waals surface area contributed by atoms with Gasteiger partial charge in [-0.05, 0) is 54.9 Å². The molecular formula is C24H30N2O3. The SMILES string of the molecule is CCCOc1c(C)cc(C)c(C2C(C#N)=C(N)OC3=C2C(=O)CC(C)(C)C3)c1C. The van der Waals surface area contributed by atoms with Gasteiger partial charge in [-0.3, -0.25) is 4.79 Å². The molecule has 1 aromatic rings. The predicted octanol–water partition coefficient (Wildman–Crippen LogP) is 4.85. The van der Waals surface area contributed by atoms with E-state index in [0.717, 1.165) is 34.4 Å². The lowest BCUT2D eigenvalue weighted by Gasteiger charge is -2.38. The molecule has 0 amide bonds. The maximum Gasteiger partial charge on any atom is 0.205 e. The maximum absolute atomic E-state index is 13.2. The molecule has 1 heterocycles. The Morgan fingerprint density at radius 3 is 2.59 bits per heavy atom. The summed E-state index contributed by atoms with van der Waals surface area (Å²) in [6.07, 6.45) is 1.94. The number of rotatable bonds is 4. The maximum atomic E-state index is 13.2. The fourth-order valence-corrected chi connectivity index (χ4v) is 4.63. The number of nitriles is 1. The summed E-state index contributed by atoms with van der Waals surface area (Å²) in [6, 6.07) is 4.27. The van der Waals surface area contributed by atoms with Gasteiger partial charge in [0, 0.05) is 18.4 Å². The number of hydrogen-bond acceptors (Lipinski definition) is 5. The van der Waals surface area contributed by atoms with Crippen LogP contribution in [0.1, 0.15) is 68.2 Å². The fourth-order valence-electron chi connectivity index (χ4n) is 4.63. The first-order valence-electron chi connectivity index (χ1n) is 10.2. The van der Waals surface area contributed by atoms with Gasteiger partial charge in [0.25, 0.3) is 0 Å². The van der Waals surface area contributed by atoms with Crippen LogP contribution in [-0.4, -0.2) is 12.4 Å². The van der Waals surface area contributed by atoms with Gasteiger partial charge in [0.1, 0.15) is 23.2 Å². The Morgan fingerprint density at radius 1 is 1.28 bits per heavy atom. The molecule has 1 aliphatic carbocycles. The molecule has 0 aromatic heterocycles.